The summed E-state index contributed by atoms with van der Waals surface area (Å²) in [6, 6.07) is 0. The molecule has 0 aliphatic heterocycles. The Labute approximate surface area is 62.4 Å². The standard InChI is InChI=1S/C7H18NO2/c1-3-5-7-8(9,10)6-4-2/h9-10H,3-7H2,1-2H3/q+1. The van der Waals surface area contributed by atoms with Crippen LogP contribution in [0.3, 0.4) is 0 Å². The first kappa shape index (κ1) is 9.88. The largest absolute Gasteiger partial charge is 0.182 e. The SMILES string of the molecule is CCCC[N+](O)(O)CCC. The summed E-state index contributed by atoms with van der Waals surface area (Å²) < 4.78 is 0. The molecule has 0 unspecified atom stereocenters. The van der Waals surface area contributed by atoms with Gasteiger partial charge in [0.25, 0.3) is 0 Å². The summed E-state index contributed by atoms with van der Waals surface area (Å²) in [4.78, 5) is -0.801. The van der Waals surface area contributed by atoms with Crippen LogP contribution in [0.5, 0.6) is 0 Å². The molecule has 0 amide bonds. The third kappa shape index (κ3) is 4.73. The minimum Gasteiger partial charge on any atom is -0.182 e. The average Bonchev–Trinajstić information content (AvgIpc) is 1.84. The van der Waals surface area contributed by atoms with Crippen LogP contribution in [-0.4, -0.2) is 28.3 Å². The van der Waals surface area contributed by atoms with E-state index in [1.54, 1.807) is 0 Å². The summed E-state index contributed by atoms with van der Waals surface area (Å²) in [6.45, 7) is 4.85. The topological polar surface area (TPSA) is 40.5 Å². The fraction of sp³-hybridized carbons (Fsp3) is 1.00. The Hall–Kier alpha value is -0.120. The Morgan fingerprint density at radius 1 is 1.00 bits per heavy atom. The molecular weight excluding hydrogens is 130 g/mol. The Morgan fingerprint density at radius 2 is 1.60 bits per heavy atom. The van der Waals surface area contributed by atoms with E-state index in [0.717, 1.165) is 19.3 Å². The minimum absolute atomic E-state index is 0.431. The first-order valence-corrected chi connectivity index (χ1v) is 3.95. The third-order valence-corrected chi connectivity index (χ3v) is 1.45. The lowest BCUT2D eigenvalue weighted by Gasteiger charge is -2.19. The summed E-state index contributed by atoms with van der Waals surface area (Å²) in [5.41, 5.74) is 0. The van der Waals surface area contributed by atoms with Gasteiger partial charge >= 0.3 is 0 Å². The highest BCUT2D eigenvalue weighted by atomic mass is 16.8. The molecule has 2 N–H and O–H groups in total. The summed E-state index contributed by atoms with van der Waals surface area (Å²) in [5.74, 6) is 0. The summed E-state index contributed by atoms with van der Waals surface area (Å²) in [5, 5.41) is 18.3. The van der Waals surface area contributed by atoms with E-state index in [-0.39, 0.29) is 0 Å². The maximum absolute atomic E-state index is 9.14. The highest BCUT2D eigenvalue weighted by Gasteiger charge is 2.19. The summed E-state index contributed by atoms with van der Waals surface area (Å²) in [7, 11) is 0. The maximum Gasteiger partial charge on any atom is 0.142 e. The molecule has 0 heterocycles. The number of unbranched alkanes of at least 4 members (excludes halogenated alkanes) is 1. The quantitative estimate of drug-likeness (QED) is 0.461. The smallest absolute Gasteiger partial charge is 0.142 e. The molecule has 0 aromatic heterocycles. The molecule has 10 heavy (non-hydrogen) atoms. The molecule has 3 heteroatoms. The molecule has 0 bridgehead atoms. The molecule has 3 nitrogen and oxygen atoms in total. The monoisotopic (exact) mass is 148 g/mol. The molecule has 62 valence electrons. The molecule has 0 saturated heterocycles. The lowest BCUT2D eigenvalue weighted by atomic mass is 10.3. The molecular formula is C7H18NO2+. The van der Waals surface area contributed by atoms with Gasteiger partial charge in [0.1, 0.15) is 13.1 Å². The van der Waals surface area contributed by atoms with Gasteiger partial charge in [0.15, 0.2) is 0 Å². The predicted molar refractivity (Wildman–Crippen MR) is 38.8 cm³/mol. The van der Waals surface area contributed by atoms with E-state index >= 15 is 0 Å². The van der Waals surface area contributed by atoms with Gasteiger partial charge in [0.05, 0.1) is 0 Å². The minimum atomic E-state index is -0.801. The molecule has 0 aromatic rings. The number of hydrogen-bond acceptors (Lipinski definition) is 2. The van der Waals surface area contributed by atoms with Gasteiger partial charge in [-0.3, -0.25) is 0 Å². The van der Waals surface area contributed by atoms with E-state index in [1.165, 1.54) is 0 Å². The maximum atomic E-state index is 9.14. The van der Waals surface area contributed by atoms with E-state index in [9.17, 15) is 0 Å². The molecule has 0 aromatic carbocycles. The van der Waals surface area contributed by atoms with Crippen LogP contribution in [0.15, 0.2) is 0 Å². The van der Waals surface area contributed by atoms with Crippen LogP contribution in [0.4, 0.5) is 0 Å². The van der Waals surface area contributed by atoms with Crippen LogP contribution in [0.1, 0.15) is 33.1 Å². The molecule has 0 fully saturated rings. The second-order valence-corrected chi connectivity index (χ2v) is 2.68. The second kappa shape index (κ2) is 4.66. The van der Waals surface area contributed by atoms with Crippen LogP contribution in [0.25, 0.3) is 0 Å². The van der Waals surface area contributed by atoms with Crippen molar-refractivity contribution in [3.63, 3.8) is 0 Å². The van der Waals surface area contributed by atoms with Crippen molar-refractivity contribution in [2.75, 3.05) is 13.1 Å². The first-order chi connectivity index (χ1) is 4.62. The van der Waals surface area contributed by atoms with E-state index in [4.69, 9.17) is 10.4 Å². The molecule has 0 saturated carbocycles. The van der Waals surface area contributed by atoms with Gasteiger partial charge in [0, 0.05) is 6.42 Å². The zero-order valence-corrected chi connectivity index (χ0v) is 6.88. The second-order valence-electron chi connectivity index (χ2n) is 2.68. The van der Waals surface area contributed by atoms with E-state index in [1.807, 2.05) is 13.8 Å². The van der Waals surface area contributed by atoms with Crippen molar-refractivity contribution >= 4 is 0 Å². The molecule has 0 aliphatic rings. The van der Waals surface area contributed by atoms with Crippen molar-refractivity contribution in [1.29, 1.82) is 0 Å². The molecule has 0 aliphatic carbocycles. The molecule has 0 rings (SSSR count). The van der Waals surface area contributed by atoms with Crippen molar-refractivity contribution in [3.8, 4) is 0 Å². The van der Waals surface area contributed by atoms with Crippen LogP contribution >= 0.6 is 0 Å². The van der Waals surface area contributed by atoms with Crippen LogP contribution in [0, 0.1) is 0 Å². The Kier molecular flexibility index (Phi) is 4.60. The van der Waals surface area contributed by atoms with Gasteiger partial charge in [-0.2, -0.15) is 10.4 Å². The van der Waals surface area contributed by atoms with Crippen LogP contribution < -0.4 is 0 Å². The number of nitrogens with zero attached hydrogens (tertiary/aromatic N) is 1. The van der Waals surface area contributed by atoms with Crippen LogP contribution in [-0.2, 0) is 0 Å². The Bertz CT molecular complexity index is 83.7. The highest BCUT2D eigenvalue weighted by molar-refractivity contribution is 4.29. The zero-order valence-electron chi connectivity index (χ0n) is 6.88. The van der Waals surface area contributed by atoms with E-state index < -0.39 is 4.81 Å². The highest BCUT2D eigenvalue weighted by Crippen LogP contribution is 2.01. The predicted octanol–water partition coefficient (Wildman–Crippen LogP) is 1.79. The van der Waals surface area contributed by atoms with Gasteiger partial charge in [-0.1, -0.05) is 20.3 Å². The lowest BCUT2D eigenvalue weighted by molar-refractivity contribution is -1.24. The molecule has 0 atom stereocenters. The van der Waals surface area contributed by atoms with Gasteiger partial charge in [-0.25, -0.2) is 0 Å². The number of hydrogen-bond donors (Lipinski definition) is 2. The Morgan fingerprint density at radius 3 is 2.00 bits per heavy atom. The van der Waals surface area contributed by atoms with Gasteiger partial charge in [-0.05, 0) is 11.2 Å². The normalized spacial score (nSPS) is 12.0. The average molecular weight is 148 g/mol. The zero-order chi connectivity index (χ0) is 8.04. The van der Waals surface area contributed by atoms with Gasteiger partial charge < -0.3 is 0 Å². The van der Waals surface area contributed by atoms with E-state index in [2.05, 4.69) is 0 Å². The van der Waals surface area contributed by atoms with Crippen molar-refractivity contribution in [3.05, 3.63) is 0 Å². The number of quaternary nitrogens is 1. The molecule has 0 spiro atoms. The fourth-order valence-corrected chi connectivity index (χ4v) is 0.881. The first-order valence-electron chi connectivity index (χ1n) is 3.95. The fourth-order valence-electron chi connectivity index (χ4n) is 0.881. The van der Waals surface area contributed by atoms with Crippen molar-refractivity contribution in [2.24, 2.45) is 0 Å². The Balaban J connectivity index is 3.42. The molecule has 0 radical (unpaired) electrons. The summed E-state index contributed by atoms with van der Waals surface area (Å²) in [6.07, 6.45) is 2.68. The van der Waals surface area contributed by atoms with Crippen molar-refractivity contribution in [2.45, 2.75) is 33.1 Å². The summed E-state index contributed by atoms with van der Waals surface area (Å²) >= 11 is 0. The van der Waals surface area contributed by atoms with Gasteiger partial charge in [-0.15, -0.1) is 0 Å². The van der Waals surface area contributed by atoms with Crippen molar-refractivity contribution < 1.29 is 15.2 Å². The number of hydroxylamine groups is 4. The number of rotatable bonds is 5. The third-order valence-electron chi connectivity index (χ3n) is 1.45. The lowest BCUT2D eigenvalue weighted by Crippen LogP contribution is -2.42. The van der Waals surface area contributed by atoms with E-state index in [0.29, 0.717) is 13.1 Å². The van der Waals surface area contributed by atoms with Crippen LogP contribution in [0.2, 0.25) is 0 Å². The van der Waals surface area contributed by atoms with Crippen molar-refractivity contribution in [1.82, 2.24) is 0 Å². The van der Waals surface area contributed by atoms with Gasteiger partial charge in [0.2, 0.25) is 0 Å².